The third-order valence-electron chi connectivity index (χ3n) is 7.55. The zero-order valence-electron chi connectivity index (χ0n) is 19.9. The summed E-state index contributed by atoms with van der Waals surface area (Å²) in [6.45, 7) is 2.15. The van der Waals surface area contributed by atoms with Crippen LogP contribution in [0.4, 0.5) is 0 Å². The van der Waals surface area contributed by atoms with Gasteiger partial charge in [0.05, 0.1) is 19.2 Å². The highest BCUT2D eigenvalue weighted by molar-refractivity contribution is 5.94. The molecule has 35 heavy (non-hydrogen) atoms. The summed E-state index contributed by atoms with van der Waals surface area (Å²) in [6, 6.07) is 5.57. The van der Waals surface area contributed by atoms with Gasteiger partial charge in [-0.05, 0) is 38.2 Å². The largest absolute Gasteiger partial charge is 0.493 e. The molecule has 10 heteroatoms. The van der Waals surface area contributed by atoms with Crippen LogP contribution >= 0.6 is 0 Å². The number of carbonyl (C=O) groups is 4. The van der Waals surface area contributed by atoms with Crippen molar-refractivity contribution in [1.29, 1.82) is 0 Å². The van der Waals surface area contributed by atoms with Crippen molar-refractivity contribution in [3.63, 3.8) is 0 Å². The van der Waals surface area contributed by atoms with Gasteiger partial charge in [-0.25, -0.2) is 0 Å². The van der Waals surface area contributed by atoms with Crippen molar-refractivity contribution in [2.45, 2.75) is 75.2 Å². The van der Waals surface area contributed by atoms with E-state index < -0.39 is 23.6 Å². The minimum Gasteiger partial charge on any atom is -0.493 e. The Kier molecular flexibility index (Phi) is 6.16. The molecule has 4 aliphatic rings. The van der Waals surface area contributed by atoms with E-state index in [1.807, 2.05) is 24.3 Å². The molecule has 2 saturated heterocycles. The number of amides is 4. The molecule has 1 aliphatic carbocycles. The number of ether oxygens (including phenoxy) is 1. The van der Waals surface area contributed by atoms with Crippen molar-refractivity contribution in [2.24, 2.45) is 0 Å². The van der Waals surface area contributed by atoms with Gasteiger partial charge >= 0.3 is 0 Å². The van der Waals surface area contributed by atoms with Gasteiger partial charge in [0, 0.05) is 31.5 Å². The number of carbonyl (C=O) groups excluding carboxylic acids is 4. The number of fused-ring (bicyclic) bond motifs is 2. The highest BCUT2D eigenvalue weighted by atomic mass is 16.5. The van der Waals surface area contributed by atoms with Crippen LogP contribution in [0.5, 0.6) is 5.75 Å². The first-order valence-electron chi connectivity index (χ1n) is 12.4. The average molecular weight is 485 g/mol. The van der Waals surface area contributed by atoms with Gasteiger partial charge in [0.1, 0.15) is 23.4 Å². The quantitative estimate of drug-likeness (QED) is 0.562. The van der Waals surface area contributed by atoms with Gasteiger partial charge in [-0.15, -0.1) is 0 Å². The van der Waals surface area contributed by atoms with Gasteiger partial charge in [-0.1, -0.05) is 18.2 Å². The topological polar surface area (TPSA) is 128 Å². The summed E-state index contributed by atoms with van der Waals surface area (Å²) in [5.74, 6) is -0.611. The Hall–Kier alpha value is -3.14. The number of nitrogens with zero attached hydrogens (tertiary/aromatic N) is 2. The van der Waals surface area contributed by atoms with E-state index in [2.05, 4.69) is 10.6 Å². The Bertz CT molecular complexity index is 1040. The normalized spacial score (nSPS) is 29.1. The number of hydrogen-bond donors (Lipinski definition) is 3. The lowest BCUT2D eigenvalue weighted by Gasteiger charge is -2.39. The predicted octanol–water partition coefficient (Wildman–Crippen LogP) is 0.248. The highest BCUT2D eigenvalue weighted by Gasteiger charge is 2.52. The van der Waals surface area contributed by atoms with Gasteiger partial charge in [0.25, 0.3) is 5.91 Å². The van der Waals surface area contributed by atoms with Crippen LogP contribution in [0.3, 0.4) is 0 Å². The molecule has 3 N–H and O–H groups in total. The first-order valence-corrected chi connectivity index (χ1v) is 12.4. The third kappa shape index (κ3) is 4.59. The van der Waals surface area contributed by atoms with Crippen LogP contribution in [0.15, 0.2) is 24.3 Å². The standard InChI is InChI=1S/C25H32N4O6/c1-15(30)26-19-14-28(24(33)25(34)10-11-25)12-8-16-6-7-20(29(16)23(19)32)22(31)27-18-9-13-35-21-5-3-2-4-17(18)21/h2-5,16,18-20,34H,6-14H2,1H3,(H,26,30)(H,27,31)/t16-,18-,19+,20+/m1/s1. The van der Waals surface area contributed by atoms with Crippen LogP contribution in [-0.2, 0) is 19.2 Å². The van der Waals surface area contributed by atoms with Crippen LogP contribution in [0, 0.1) is 0 Å². The Labute approximate surface area is 204 Å². The van der Waals surface area contributed by atoms with Gasteiger partial charge in [0.2, 0.25) is 17.7 Å². The second-order valence-electron chi connectivity index (χ2n) is 10.1. The number of aliphatic hydroxyl groups is 1. The fourth-order valence-electron chi connectivity index (χ4n) is 5.56. The summed E-state index contributed by atoms with van der Waals surface area (Å²) < 4.78 is 5.70. The third-order valence-corrected chi connectivity index (χ3v) is 7.55. The van der Waals surface area contributed by atoms with Crippen molar-refractivity contribution in [3.8, 4) is 5.75 Å². The SMILES string of the molecule is CC(=O)N[C@H]1CN(C(=O)C2(O)CC2)CC[C@H]2CC[C@@H](C(=O)N[C@@H]3CCOc4ccccc43)N2C1=O. The summed E-state index contributed by atoms with van der Waals surface area (Å²) in [6.07, 6.45) is 3.12. The molecular formula is C25H32N4O6. The van der Waals surface area contributed by atoms with Gasteiger partial charge in [-0.2, -0.15) is 0 Å². The first kappa shape index (κ1) is 23.6. The molecule has 0 unspecified atom stereocenters. The van der Waals surface area contributed by atoms with E-state index in [1.54, 1.807) is 4.90 Å². The van der Waals surface area contributed by atoms with E-state index >= 15 is 0 Å². The molecule has 3 fully saturated rings. The molecule has 5 rings (SSSR count). The smallest absolute Gasteiger partial charge is 0.254 e. The number of nitrogens with one attached hydrogen (secondary N) is 2. The maximum absolute atomic E-state index is 13.7. The van der Waals surface area contributed by atoms with E-state index in [4.69, 9.17) is 4.74 Å². The maximum Gasteiger partial charge on any atom is 0.254 e. The molecular weight excluding hydrogens is 452 g/mol. The maximum atomic E-state index is 13.7. The van der Waals surface area contributed by atoms with Crippen molar-refractivity contribution in [2.75, 3.05) is 19.7 Å². The van der Waals surface area contributed by atoms with Gasteiger partial charge < -0.3 is 30.3 Å². The molecule has 10 nitrogen and oxygen atoms in total. The molecule has 4 amide bonds. The van der Waals surface area contributed by atoms with Crippen LogP contribution in [0.2, 0.25) is 0 Å². The van der Waals surface area contributed by atoms with Crippen LogP contribution < -0.4 is 15.4 Å². The predicted molar refractivity (Wildman–Crippen MR) is 124 cm³/mol. The highest BCUT2D eigenvalue weighted by Crippen LogP contribution is 2.38. The lowest BCUT2D eigenvalue weighted by molar-refractivity contribution is -0.150. The summed E-state index contributed by atoms with van der Waals surface area (Å²) in [4.78, 5) is 55.0. The van der Waals surface area contributed by atoms with Crippen molar-refractivity contribution in [3.05, 3.63) is 29.8 Å². The number of para-hydroxylation sites is 1. The fraction of sp³-hybridized carbons (Fsp3) is 0.600. The van der Waals surface area contributed by atoms with E-state index in [-0.39, 0.29) is 36.3 Å². The average Bonchev–Trinajstić information content (AvgIpc) is 3.45. The van der Waals surface area contributed by atoms with Crippen molar-refractivity contribution in [1.82, 2.24) is 20.4 Å². The van der Waals surface area contributed by atoms with Crippen LogP contribution in [0.1, 0.15) is 57.1 Å². The second-order valence-corrected chi connectivity index (χ2v) is 10.1. The molecule has 0 spiro atoms. The molecule has 4 atom stereocenters. The summed E-state index contributed by atoms with van der Waals surface area (Å²) in [5, 5.41) is 16.1. The fourth-order valence-corrected chi connectivity index (χ4v) is 5.56. The molecule has 3 heterocycles. The van der Waals surface area contributed by atoms with Gasteiger partial charge in [-0.3, -0.25) is 19.2 Å². The van der Waals surface area contributed by atoms with E-state index in [0.29, 0.717) is 51.7 Å². The number of benzene rings is 1. The molecule has 0 radical (unpaired) electrons. The minimum atomic E-state index is -1.35. The lowest BCUT2D eigenvalue weighted by Crippen LogP contribution is -2.61. The van der Waals surface area contributed by atoms with E-state index in [9.17, 15) is 24.3 Å². The molecule has 188 valence electrons. The Morgan fingerprint density at radius 3 is 2.57 bits per heavy atom. The molecule has 0 aromatic heterocycles. The number of rotatable bonds is 4. The molecule has 3 aliphatic heterocycles. The van der Waals surface area contributed by atoms with E-state index in [0.717, 1.165) is 11.3 Å². The monoisotopic (exact) mass is 484 g/mol. The summed E-state index contributed by atoms with van der Waals surface area (Å²) >= 11 is 0. The molecule has 1 saturated carbocycles. The van der Waals surface area contributed by atoms with E-state index in [1.165, 1.54) is 11.8 Å². The van der Waals surface area contributed by atoms with Crippen LogP contribution in [-0.4, -0.2) is 82.0 Å². The zero-order valence-corrected chi connectivity index (χ0v) is 19.9. The van der Waals surface area contributed by atoms with Crippen LogP contribution in [0.25, 0.3) is 0 Å². The lowest BCUT2D eigenvalue weighted by atomic mass is 10.00. The molecule has 1 aromatic rings. The van der Waals surface area contributed by atoms with Crippen molar-refractivity contribution >= 4 is 23.6 Å². The first-order chi connectivity index (χ1) is 16.8. The summed E-state index contributed by atoms with van der Waals surface area (Å²) in [7, 11) is 0. The Morgan fingerprint density at radius 1 is 1.06 bits per heavy atom. The number of hydrogen-bond acceptors (Lipinski definition) is 6. The molecule has 0 bridgehead atoms. The second kappa shape index (κ2) is 9.14. The summed E-state index contributed by atoms with van der Waals surface area (Å²) in [5.41, 5.74) is -0.426. The van der Waals surface area contributed by atoms with Crippen molar-refractivity contribution < 1.29 is 29.0 Å². The Morgan fingerprint density at radius 2 is 1.83 bits per heavy atom. The molecule has 1 aromatic carbocycles. The minimum absolute atomic E-state index is 0.0234. The zero-order chi connectivity index (χ0) is 24.7. The van der Waals surface area contributed by atoms with Gasteiger partial charge in [0.15, 0.2) is 0 Å². The Balaban J connectivity index is 1.34.